The molecule has 3 nitrogen and oxygen atoms in total. The van der Waals surface area contributed by atoms with Crippen LogP contribution in [0.15, 0.2) is 30.3 Å². The second kappa shape index (κ2) is 8.70. The van der Waals surface area contributed by atoms with E-state index in [0.29, 0.717) is 6.42 Å². The molecule has 1 amide bonds. The molecule has 106 valence electrons. The number of nitrogens with two attached hydrogens (primary N) is 1. The van der Waals surface area contributed by atoms with Gasteiger partial charge in [0.2, 0.25) is 5.91 Å². The molecule has 0 radical (unpaired) electrons. The zero-order valence-corrected chi connectivity index (χ0v) is 12.1. The smallest absolute Gasteiger partial charge is 0.222 e. The van der Waals surface area contributed by atoms with Crippen LogP contribution in [0.2, 0.25) is 0 Å². The fourth-order valence-corrected chi connectivity index (χ4v) is 2.06. The van der Waals surface area contributed by atoms with Crippen molar-refractivity contribution in [2.45, 2.75) is 45.1 Å². The first-order chi connectivity index (χ1) is 9.09. The second-order valence-corrected chi connectivity index (χ2v) is 5.27. The Kier molecular flexibility index (Phi) is 7.19. The molecular formula is C16H26N2O. The molecule has 0 aromatic heterocycles. The molecular weight excluding hydrogens is 236 g/mol. The van der Waals surface area contributed by atoms with E-state index in [2.05, 4.69) is 24.3 Å². The lowest BCUT2D eigenvalue weighted by molar-refractivity contribution is -0.130. The molecule has 0 aliphatic carbocycles. The number of carbonyl (C=O) groups is 1. The van der Waals surface area contributed by atoms with Crippen LogP contribution in [0, 0.1) is 0 Å². The lowest BCUT2D eigenvalue weighted by Crippen LogP contribution is -2.28. The minimum absolute atomic E-state index is 0.191. The van der Waals surface area contributed by atoms with Crippen molar-refractivity contribution < 1.29 is 4.79 Å². The molecule has 1 rings (SSSR count). The number of carbonyl (C=O) groups excluding carboxylic acids is 1. The molecule has 0 bridgehead atoms. The molecule has 0 saturated carbocycles. The summed E-state index contributed by atoms with van der Waals surface area (Å²) in [6.45, 7) is 2.81. The van der Waals surface area contributed by atoms with Crippen LogP contribution in [0.5, 0.6) is 0 Å². The Morgan fingerprint density at radius 3 is 2.58 bits per heavy atom. The second-order valence-electron chi connectivity index (χ2n) is 5.27. The van der Waals surface area contributed by atoms with Crippen molar-refractivity contribution in [3.05, 3.63) is 35.9 Å². The average Bonchev–Trinajstić information content (AvgIpc) is 2.39. The highest BCUT2D eigenvalue weighted by Gasteiger charge is 2.08. The maximum atomic E-state index is 11.9. The Morgan fingerprint density at radius 2 is 1.95 bits per heavy atom. The largest absolute Gasteiger partial charge is 0.346 e. The molecule has 0 aliphatic rings. The Labute approximate surface area is 116 Å². The molecule has 1 aromatic carbocycles. The molecule has 1 atom stereocenters. The van der Waals surface area contributed by atoms with E-state index in [4.69, 9.17) is 5.73 Å². The molecule has 0 fully saturated rings. The third kappa shape index (κ3) is 6.97. The standard InChI is InChI=1S/C16H26N2O/c1-14(17)8-6-12-16(19)18(2)13-7-11-15-9-4-3-5-10-15/h3-5,9-10,14H,6-8,11-13,17H2,1-2H3. The maximum Gasteiger partial charge on any atom is 0.222 e. The third-order valence-corrected chi connectivity index (χ3v) is 3.28. The monoisotopic (exact) mass is 262 g/mol. The molecule has 3 heteroatoms. The molecule has 0 aliphatic heterocycles. The van der Waals surface area contributed by atoms with Gasteiger partial charge in [-0.3, -0.25) is 4.79 Å². The first-order valence-electron chi connectivity index (χ1n) is 7.13. The topological polar surface area (TPSA) is 46.3 Å². The van der Waals surface area contributed by atoms with E-state index < -0.39 is 0 Å². The van der Waals surface area contributed by atoms with Gasteiger partial charge in [0, 0.05) is 26.1 Å². The maximum absolute atomic E-state index is 11.9. The molecule has 0 heterocycles. The number of hydrogen-bond donors (Lipinski definition) is 1. The summed E-state index contributed by atoms with van der Waals surface area (Å²) >= 11 is 0. The van der Waals surface area contributed by atoms with Crippen LogP contribution in [-0.4, -0.2) is 30.4 Å². The third-order valence-electron chi connectivity index (χ3n) is 3.28. The summed E-state index contributed by atoms with van der Waals surface area (Å²) in [7, 11) is 1.89. The van der Waals surface area contributed by atoms with E-state index in [1.807, 2.05) is 24.9 Å². The van der Waals surface area contributed by atoms with Gasteiger partial charge in [0.15, 0.2) is 0 Å². The number of hydrogen-bond acceptors (Lipinski definition) is 2. The molecule has 19 heavy (non-hydrogen) atoms. The number of nitrogens with zero attached hydrogens (tertiary/aromatic N) is 1. The normalized spacial score (nSPS) is 12.2. The summed E-state index contributed by atoms with van der Waals surface area (Å²) < 4.78 is 0. The first-order valence-corrected chi connectivity index (χ1v) is 7.13. The van der Waals surface area contributed by atoms with Gasteiger partial charge in [-0.05, 0) is 38.2 Å². The highest BCUT2D eigenvalue weighted by molar-refractivity contribution is 5.75. The number of aryl methyl sites for hydroxylation is 1. The summed E-state index contributed by atoms with van der Waals surface area (Å²) in [4.78, 5) is 13.7. The van der Waals surface area contributed by atoms with Gasteiger partial charge in [-0.2, -0.15) is 0 Å². The van der Waals surface area contributed by atoms with Gasteiger partial charge in [-0.15, -0.1) is 0 Å². The zero-order valence-electron chi connectivity index (χ0n) is 12.1. The summed E-state index contributed by atoms with van der Waals surface area (Å²) in [5, 5.41) is 0. The Hall–Kier alpha value is -1.35. The van der Waals surface area contributed by atoms with Gasteiger partial charge in [0.25, 0.3) is 0 Å². The SMILES string of the molecule is CC(N)CCCC(=O)N(C)CCCc1ccccc1. The van der Waals surface area contributed by atoms with Crippen molar-refractivity contribution in [2.24, 2.45) is 5.73 Å². The van der Waals surface area contributed by atoms with Gasteiger partial charge in [-0.25, -0.2) is 0 Å². The van der Waals surface area contributed by atoms with Gasteiger partial charge < -0.3 is 10.6 Å². The summed E-state index contributed by atoms with van der Waals surface area (Å²) in [5.41, 5.74) is 7.01. The Bertz CT molecular complexity index is 362. The van der Waals surface area contributed by atoms with Crippen molar-refractivity contribution >= 4 is 5.91 Å². The van der Waals surface area contributed by atoms with Crippen LogP contribution in [-0.2, 0) is 11.2 Å². The lowest BCUT2D eigenvalue weighted by Gasteiger charge is -2.17. The zero-order chi connectivity index (χ0) is 14.1. The fourth-order valence-electron chi connectivity index (χ4n) is 2.06. The van der Waals surface area contributed by atoms with E-state index >= 15 is 0 Å². The average molecular weight is 262 g/mol. The van der Waals surface area contributed by atoms with Crippen LogP contribution in [0.4, 0.5) is 0 Å². The number of amides is 1. The van der Waals surface area contributed by atoms with Crippen molar-refractivity contribution in [1.82, 2.24) is 4.90 Å². The minimum atomic E-state index is 0.191. The predicted octanol–water partition coefficient (Wildman–Crippen LogP) is 2.60. The van der Waals surface area contributed by atoms with E-state index in [1.165, 1.54) is 5.56 Å². The summed E-state index contributed by atoms with van der Waals surface area (Å²) in [6.07, 6.45) is 4.46. The van der Waals surface area contributed by atoms with Crippen molar-refractivity contribution in [3.8, 4) is 0 Å². The Balaban J connectivity index is 2.16. The van der Waals surface area contributed by atoms with Crippen LogP contribution < -0.4 is 5.73 Å². The Morgan fingerprint density at radius 1 is 1.26 bits per heavy atom. The predicted molar refractivity (Wildman–Crippen MR) is 79.9 cm³/mol. The van der Waals surface area contributed by atoms with Crippen molar-refractivity contribution in [1.29, 1.82) is 0 Å². The van der Waals surface area contributed by atoms with E-state index in [0.717, 1.165) is 32.2 Å². The first kappa shape index (κ1) is 15.7. The fraction of sp³-hybridized carbons (Fsp3) is 0.562. The van der Waals surface area contributed by atoms with Gasteiger partial charge in [-0.1, -0.05) is 30.3 Å². The van der Waals surface area contributed by atoms with E-state index in [-0.39, 0.29) is 11.9 Å². The minimum Gasteiger partial charge on any atom is -0.346 e. The molecule has 0 spiro atoms. The number of benzene rings is 1. The van der Waals surface area contributed by atoms with E-state index in [1.54, 1.807) is 0 Å². The molecule has 1 unspecified atom stereocenters. The van der Waals surface area contributed by atoms with Crippen LogP contribution >= 0.6 is 0 Å². The van der Waals surface area contributed by atoms with Gasteiger partial charge in [0.1, 0.15) is 0 Å². The van der Waals surface area contributed by atoms with Crippen LogP contribution in [0.25, 0.3) is 0 Å². The van der Waals surface area contributed by atoms with Crippen LogP contribution in [0.3, 0.4) is 0 Å². The molecule has 0 saturated heterocycles. The van der Waals surface area contributed by atoms with Crippen molar-refractivity contribution in [3.63, 3.8) is 0 Å². The number of rotatable bonds is 8. The van der Waals surface area contributed by atoms with Crippen LogP contribution in [0.1, 0.15) is 38.2 Å². The van der Waals surface area contributed by atoms with Gasteiger partial charge >= 0.3 is 0 Å². The molecule has 2 N–H and O–H groups in total. The highest BCUT2D eigenvalue weighted by Crippen LogP contribution is 2.05. The quantitative estimate of drug-likeness (QED) is 0.782. The van der Waals surface area contributed by atoms with Crippen molar-refractivity contribution in [2.75, 3.05) is 13.6 Å². The van der Waals surface area contributed by atoms with Gasteiger partial charge in [0.05, 0.1) is 0 Å². The lowest BCUT2D eigenvalue weighted by atomic mass is 10.1. The summed E-state index contributed by atoms with van der Waals surface area (Å²) in [5.74, 6) is 0.230. The van der Waals surface area contributed by atoms with E-state index in [9.17, 15) is 4.79 Å². The molecule has 1 aromatic rings. The highest BCUT2D eigenvalue weighted by atomic mass is 16.2. The summed E-state index contributed by atoms with van der Waals surface area (Å²) in [6, 6.07) is 10.6.